The maximum Gasteiger partial charge on any atom is 0.264 e. The van der Waals surface area contributed by atoms with Crippen LogP contribution in [0.1, 0.15) is 78.5 Å². The summed E-state index contributed by atoms with van der Waals surface area (Å²) >= 11 is 2.00. The van der Waals surface area contributed by atoms with E-state index in [1.54, 1.807) is 0 Å². The molecule has 0 saturated carbocycles. The zero-order valence-corrected chi connectivity index (χ0v) is 39.8. The van der Waals surface area contributed by atoms with Gasteiger partial charge in [-0.05, 0) is 157 Å². The number of benzene rings is 9. The normalized spacial score (nSPS) is 14.2. The Morgan fingerprint density at radius 3 is 1.59 bits per heavy atom. The molecule has 4 heteroatoms. The molecule has 2 aliphatic heterocycles. The molecule has 0 saturated heterocycles. The number of para-hydroxylation sites is 2. The van der Waals surface area contributed by atoms with Gasteiger partial charge in [0.1, 0.15) is 0 Å². The first kappa shape index (κ1) is 39.7. The molecule has 2 nitrogen and oxygen atoms in total. The average molecular weight is 889 g/mol. The van der Waals surface area contributed by atoms with Gasteiger partial charge in [-0.3, -0.25) is 0 Å². The second-order valence-corrected chi connectivity index (χ2v) is 21.1. The van der Waals surface area contributed by atoms with E-state index in [-0.39, 0.29) is 6.71 Å². The molecule has 68 heavy (non-hydrogen) atoms. The molecular formula is C64H49BN2S. The van der Waals surface area contributed by atoms with Crippen LogP contribution in [0.3, 0.4) is 0 Å². The molecule has 1 aromatic heterocycles. The van der Waals surface area contributed by atoms with E-state index in [0.717, 1.165) is 0 Å². The minimum atomic E-state index is -0.407. The van der Waals surface area contributed by atoms with Crippen molar-refractivity contribution in [2.75, 3.05) is 9.80 Å². The van der Waals surface area contributed by atoms with Crippen LogP contribution in [0.2, 0.25) is 0 Å². The Labute approximate surface area is 403 Å². The van der Waals surface area contributed by atoms with Crippen LogP contribution in [-0.2, 0) is 5.41 Å². The van der Waals surface area contributed by atoms with Crippen LogP contribution < -0.4 is 25.5 Å². The SMILES string of the molecule is Cc1cc2c3c(c1)N(c1ccccc1)c1c(sc4cc5c(cc14)-c1ccccc1C51c4ccccc4-c4ccccc41)B3c1ccc(-c3c(C(C)C)cccc3C(C)C)cc1N2c1ccccc1. The Kier molecular flexibility index (Phi) is 8.51. The van der Waals surface area contributed by atoms with Gasteiger partial charge in [0.15, 0.2) is 0 Å². The van der Waals surface area contributed by atoms with Crippen molar-refractivity contribution < 1.29 is 0 Å². The molecule has 2 aliphatic carbocycles. The molecule has 0 bridgehead atoms. The molecule has 9 aromatic carbocycles. The Bertz CT molecular complexity index is 3660. The molecule has 0 unspecified atom stereocenters. The Hall–Kier alpha value is -7.40. The van der Waals surface area contributed by atoms with Gasteiger partial charge in [-0.25, -0.2) is 0 Å². The largest absolute Gasteiger partial charge is 0.311 e. The van der Waals surface area contributed by atoms with E-state index in [1.165, 1.54) is 132 Å². The highest BCUT2D eigenvalue weighted by Crippen LogP contribution is 2.64. The van der Waals surface area contributed by atoms with Gasteiger partial charge in [-0.15, -0.1) is 11.3 Å². The second kappa shape index (κ2) is 14.6. The van der Waals surface area contributed by atoms with Crippen LogP contribution in [0, 0.1) is 6.92 Å². The molecule has 0 amide bonds. The van der Waals surface area contributed by atoms with Crippen molar-refractivity contribution in [1.29, 1.82) is 0 Å². The molecule has 0 radical (unpaired) electrons. The molecule has 4 aliphatic rings. The van der Waals surface area contributed by atoms with Gasteiger partial charge in [0.25, 0.3) is 6.71 Å². The zero-order chi connectivity index (χ0) is 45.6. The minimum Gasteiger partial charge on any atom is -0.311 e. The van der Waals surface area contributed by atoms with Crippen molar-refractivity contribution in [2.24, 2.45) is 0 Å². The molecule has 10 aromatic rings. The highest BCUT2D eigenvalue weighted by Gasteiger charge is 2.52. The number of aryl methyl sites for hydroxylation is 1. The number of hydrogen-bond donors (Lipinski definition) is 0. The third-order valence-electron chi connectivity index (χ3n) is 15.6. The van der Waals surface area contributed by atoms with Gasteiger partial charge < -0.3 is 9.80 Å². The third-order valence-corrected chi connectivity index (χ3v) is 16.8. The highest BCUT2D eigenvalue weighted by molar-refractivity contribution is 7.33. The molecule has 3 heterocycles. The molecular weight excluding hydrogens is 840 g/mol. The molecule has 324 valence electrons. The lowest BCUT2D eigenvalue weighted by Crippen LogP contribution is -2.60. The number of fused-ring (bicyclic) bond motifs is 16. The van der Waals surface area contributed by atoms with Crippen molar-refractivity contribution in [2.45, 2.75) is 51.9 Å². The van der Waals surface area contributed by atoms with Crippen molar-refractivity contribution in [1.82, 2.24) is 0 Å². The van der Waals surface area contributed by atoms with Crippen molar-refractivity contribution in [3.63, 3.8) is 0 Å². The Morgan fingerprint density at radius 1 is 0.471 bits per heavy atom. The summed E-state index contributed by atoms with van der Waals surface area (Å²) in [4.78, 5) is 5.18. The van der Waals surface area contributed by atoms with E-state index in [2.05, 4.69) is 239 Å². The number of thiophene rings is 1. The maximum atomic E-state index is 2.61. The van der Waals surface area contributed by atoms with E-state index < -0.39 is 5.41 Å². The van der Waals surface area contributed by atoms with Crippen LogP contribution >= 0.6 is 11.3 Å². The summed E-state index contributed by atoms with van der Waals surface area (Å²) in [6.45, 7) is 11.6. The monoisotopic (exact) mass is 888 g/mol. The van der Waals surface area contributed by atoms with Crippen molar-refractivity contribution in [3.05, 3.63) is 233 Å². The predicted molar refractivity (Wildman–Crippen MR) is 290 cm³/mol. The zero-order valence-electron chi connectivity index (χ0n) is 39.0. The number of rotatable bonds is 5. The molecule has 0 N–H and O–H groups in total. The van der Waals surface area contributed by atoms with Gasteiger partial charge in [0.05, 0.1) is 11.1 Å². The van der Waals surface area contributed by atoms with Gasteiger partial charge in [-0.1, -0.05) is 167 Å². The lowest BCUT2D eigenvalue weighted by Gasteiger charge is -2.43. The first-order valence-corrected chi connectivity index (χ1v) is 25.2. The average Bonchev–Trinajstić information content (AvgIpc) is 3.99. The van der Waals surface area contributed by atoms with E-state index in [4.69, 9.17) is 0 Å². The van der Waals surface area contributed by atoms with E-state index >= 15 is 0 Å². The summed E-state index contributed by atoms with van der Waals surface area (Å²) in [6.07, 6.45) is 0. The van der Waals surface area contributed by atoms with Gasteiger partial charge in [0, 0.05) is 43.3 Å². The van der Waals surface area contributed by atoms with Gasteiger partial charge >= 0.3 is 0 Å². The molecule has 14 rings (SSSR count). The number of hydrogen-bond acceptors (Lipinski definition) is 3. The second-order valence-electron chi connectivity index (χ2n) is 20.0. The van der Waals surface area contributed by atoms with Crippen LogP contribution in [-0.4, -0.2) is 6.71 Å². The van der Waals surface area contributed by atoms with Crippen LogP contribution in [0.25, 0.3) is 43.5 Å². The lowest BCUT2D eigenvalue weighted by molar-refractivity contribution is 0.795. The van der Waals surface area contributed by atoms with Crippen LogP contribution in [0.15, 0.2) is 194 Å². The van der Waals surface area contributed by atoms with Gasteiger partial charge in [0.2, 0.25) is 0 Å². The minimum absolute atomic E-state index is 0.0194. The summed E-state index contributed by atoms with van der Waals surface area (Å²) in [5.74, 6) is 0.775. The molecule has 0 atom stereocenters. The Balaban J connectivity index is 1.09. The summed E-state index contributed by atoms with van der Waals surface area (Å²) in [6, 6.07) is 74.2. The number of anilines is 6. The quantitative estimate of drug-likeness (QED) is 0.159. The first-order chi connectivity index (χ1) is 33.3. The van der Waals surface area contributed by atoms with E-state index in [0.29, 0.717) is 11.8 Å². The van der Waals surface area contributed by atoms with E-state index in [9.17, 15) is 0 Å². The Morgan fingerprint density at radius 2 is 1.00 bits per heavy atom. The predicted octanol–water partition coefficient (Wildman–Crippen LogP) is 15.5. The third kappa shape index (κ3) is 5.24. The number of nitrogens with zero attached hydrogens (tertiary/aromatic N) is 2. The van der Waals surface area contributed by atoms with Crippen LogP contribution in [0.5, 0.6) is 0 Å². The van der Waals surface area contributed by atoms with Gasteiger partial charge in [-0.2, -0.15) is 0 Å². The van der Waals surface area contributed by atoms with Crippen molar-refractivity contribution >= 4 is 78.0 Å². The van der Waals surface area contributed by atoms with Crippen LogP contribution in [0.4, 0.5) is 34.1 Å². The summed E-state index contributed by atoms with van der Waals surface area (Å²) in [5, 5.41) is 1.31. The topological polar surface area (TPSA) is 6.48 Å². The molecule has 1 spiro atoms. The first-order valence-electron chi connectivity index (χ1n) is 24.3. The fraction of sp³-hybridized carbons (Fsp3) is 0.125. The fourth-order valence-electron chi connectivity index (χ4n) is 12.9. The highest BCUT2D eigenvalue weighted by atomic mass is 32.1. The van der Waals surface area contributed by atoms with Crippen molar-refractivity contribution in [3.8, 4) is 33.4 Å². The standard InChI is InChI=1S/C64H49BN2S/c1-38(2)44-26-18-27-45(39(3)4)60(44)41-31-32-55-56(35-41)66(42-19-8-6-9-20-42)57-33-40(5)34-58-61(57)65(55)63-62(67(58)43-21-10-7-11-22-43)50-36-49-48-25-14-17-30-53(48)64(54(49)37-59(50)68-63)51-28-15-12-23-46(51)47-24-13-16-29-52(47)64/h6-39H,1-5H3. The smallest absolute Gasteiger partial charge is 0.264 e. The van der Waals surface area contributed by atoms with E-state index in [1.807, 2.05) is 11.3 Å². The maximum absolute atomic E-state index is 2.61. The fourth-order valence-corrected chi connectivity index (χ4v) is 14.3. The summed E-state index contributed by atoms with van der Waals surface area (Å²) in [7, 11) is 0. The molecule has 0 fully saturated rings. The summed E-state index contributed by atoms with van der Waals surface area (Å²) < 4.78 is 2.72. The lowest BCUT2D eigenvalue weighted by atomic mass is 9.36. The summed E-state index contributed by atoms with van der Waals surface area (Å²) in [5.41, 5.74) is 27.3.